The molecule has 0 bridgehead atoms. The number of Topliss-reactive ketones (excluding diaryl/α,β-unsaturated/α-hetero) is 1. The van der Waals surface area contributed by atoms with Crippen LogP contribution in [-0.2, 0) is 7.05 Å². The van der Waals surface area contributed by atoms with Crippen LogP contribution in [-0.4, -0.2) is 10.4 Å². The van der Waals surface area contributed by atoms with Crippen LogP contribution in [0.15, 0.2) is 47.5 Å². The van der Waals surface area contributed by atoms with E-state index in [2.05, 4.69) is 0 Å². The van der Waals surface area contributed by atoms with Gasteiger partial charge >= 0.3 is 0 Å². The molecule has 110 valence electrons. The van der Waals surface area contributed by atoms with Gasteiger partial charge in [0.2, 0.25) is 0 Å². The molecule has 1 aliphatic carbocycles. The smallest absolute Gasteiger partial charge is 0.194 e. The van der Waals surface area contributed by atoms with Crippen LogP contribution in [0.1, 0.15) is 27.3 Å². The average Bonchev–Trinajstić information content (AvgIpc) is 3.03. The Hall–Kier alpha value is -3.37. The first-order valence-corrected chi connectivity index (χ1v) is 7.11. The van der Waals surface area contributed by atoms with Gasteiger partial charge < -0.3 is 4.57 Å². The van der Waals surface area contributed by atoms with Gasteiger partial charge in [-0.15, -0.1) is 0 Å². The Labute approximate surface area is 134 Å². The zero-order valence-corrected chi connectivity index (χ0v) is 12.8. The first-order chi connectivity index (χ1) is 11.1. The zero-order valence-electron chi connectivity index (χ0n) is 12.8. The molecular formula is C19H13N3O. The molecule has 0 radical (unpaired) electrons. The molecule has 1 heterocycles. The van der Waals surface area contributed by atoms with Gasteiger partial charge in [-0.05, 0) is 30.7 Å². The van der Waals surface area contributed by atoms with Gasteiger partial charge in [-0.3, -0.25) is 4.79 Å². The number of nitriles is 2. The molecule has 3 rings (SSSR count). The van der Waals surface area contributed by atoms with E-state index in [0.29, 0.717) is 22.3 Å². The van der Waals surface area contributed by atoms with Gasteiger partial charge in [0, 0.05) is 35.1 Å². The molecular weight excluding hydrogens is 286 g/mol. The van der Waals surface area contributed by atoms with Crippen molar-refractivity contribution in [1.82, 2.24) is 4.57 Å². The fraction of sp³-hybridized carbons (Fsp3) is 0.105. The van der Waals surface area contributed by atoms with Gasteiger partial charge in [0.25, 0.3) is 0 Å². The Kier molecular flexibility index (Phi) is 3.44. The van der Waals surface area contributed by atoms with Crippen molar-refractivity contribution in [3.8, 4) is 12.1 Å². The number of aromatic nitrogens is 1. The van der Waals surface area contributed by atoms with Gasteiger partial charge in [-0.25, -0.2) is 0 Å². The highest BCUT2D eigenvalue weighted by molar-refractivity contribution is 6.29. The van der Waals surface area contributed by atoms with Crippen LogP contribution in [0.4, 0.5) is 0 Å². The molecule has 4 nitrogen and oxygen atoms in total. The number of rotatable bonds is 1. The van der Waals surface area contributed by atoms with E-state index in [9.17, 15) is 15.3 Å². The van der Waals surface area contributed by atoms with Crippen LogP contribution >= 0.6 is 0 Å². The number of allylic oxidation sites excluding steroid dienone is 3. The van der Waals surface area contributed by atoms with Gasteiger partial charge in [0.1, 0.15) is 17.7 Å². The number of hydrogen-bond donors (Lipinski definition) is 0. The second-order valence-electron chi connectivity index (χ2n) is 5.36. The lowest BCUT2D eigenvalue weighted by Gasteiger charge is -2.04. The van der Waals surface area contributed by atoms with E-state index in [1.165, 1.54) is 0 Å². The fourth-order valence-electron chi connectivity index (χ4n) is 2.77. The van der Waals surface area contributed by atoms with Gasteiger partial charge in [0.05, 0.1) is 0 Å². The number of ketones is 1. The quantitative estimate of drug-likeness (QED) is 0.598. The number of hydrogen-bond acceptors (Lipinski definition) is 3. The normalized spacial score (nSPS) is 14.5. The molecule has 0 saturated heterocycles. The predicted molar refractivity (Wildman–Crippen MR) is 87.0 cm³/mol. The lowest BCUT2D eigenvalue weighted by molar-refractivity contribution is 0.104. The van der Waals surface area contributed by atoms with Crippen molar-refractivity contribution in [1.29, 1.82) is 10.5 Å². The molecule has 1 aliphatic rings. The summed E-state index contributed by atoms with van der Waals surface area (Å²) in [5.74, 6) is -0.155. The highest BCUT2D eigenvalue weighted by atomic mass is 16.1. The Morgan fingerprint density at radius 2 is 1.74 bits per heavy atom. The maximum absolute atomic E-state index is 12.7. The van der Waals surface area contributed by atoms with E-state index >= 15 is 0 Å². The summed E-state index contributed by atoms with van der Waals surface area (Å²) in [6, 6.07) is 14.8. The van der Waals surface area contributed by atoms with Crippen LogP contribution in [0.2, 0.25) is 0 Å². The largest absolute Gasteiger partial charge is 0.348 e. The summed E-state index contributed by atoms with van der Waals surface area (Å²) in [5.41, 5.74) is 3.87. The zero-order chi connectivity index (χ0) is 16.6. The summed E-state index contributed by atoms with van der Waals surface area (Å²) >= 11 is 0. The molecule has 0 saturated carbocycles. The maximum atomic E-state index is 12.7. The Morgan fingerprint density at radius 1 is 1.09 bits per heavy atom. The Balaban J connectivity index is 2.31. The van der Waals surface area contributed by atoms with Crippen LogP contribution in [0, 0.1) is 29.6 Å². The molecule has 4 heteroatoms. The van der Waals surface area contributed by atoms with E-state index in [0.717, 1.165) is 11.4 Å². The monoisotopic (exact) mass is 299 g/mol. The van der Waals surface area contributed by atoms with E-state index in [4.69, 9.17) is 0 Å². The number of carbonyl (C=O) groups excluding carboxylic acids is 1. The van der Waals surface area contributed by atoms with Gasteiger partial charge in [-0.1, -0.05) is 24.3 Å². The summed E-state index contributed by atoms with van der Waals surface area (Å²) in [6.45, 7) is 1.97. The minimum Gasteiger partial charge on any atom is -0.348 e. The minimum atomic E-state index is -0.155. The van der Waals surface area contributed by atoms with E-state index in [-0.39, 0.29) is 11.4 Å². The summed E-state index contributed by atoms with van der Waals surface area (Å²) in [6.07, 6.45) is 1.75. The summed E-state index contributed by atoms with van der Waals surface area (Å²) < 4.78 is 1.96. The number of aryl methyl sites for hydroxylation is 1. The number of nitrogens with zero attached hydrogens (tertiary/aromatic N) is 3. The lowest BCUT2D eigenvalue weighted by Crippen LogP contribution is -1.99. The van der Waals surface area contributed by atoms with Crippen molar-refractivity contribution in [2.75, 3.05) is 0 Å². The van der Waals surface area contributed by atoms with Gasteiger partial charge in [-0.2, -0.15) is 10.5 Å². The van der Waals surface area contributed by atoms with E-state index in [1.807, 2.05) is 42.8 Å². The summed E-state index contributed by atoms with van der Waals surface area (Å²) in [7, 11) is 1.91. The predicted octanol–water partition coefficient (Wildman–Crippen LogP) is 3.41. The van der Waals surface area contributed by atoms with E-state index < -0.39 is 0 Å². The molecule has 0 spiro atoms. The highest BCUT2D eigenvalue weighted by Crippen LogP contribution is 2.39. The standard InChI is InChI=1S/C19H13N3O/c1-12-7-8-14(22(12)2)9-17-18(13(10-20)11-21)15-5-3-4-6-16(15)19(17)23/h3-9H,1-2H3/b17-9-. The summed E-state index contributed by atoms with van der Waals surface area (Å²) in [4.78, 5) is 12.7. The molecule has 23 heavy (non-hydrogen) atoms. The maximum Gasteiger partial charge on any atom is 0.194 e. The first-order valence-electron chi connectivity index (χ1n) is 7.11. The Bertz CT molecular complexity index is 959. The molecule has 0 N–H and O–H groups in total. The number of fused-ring (bicyclic) bond motifs is 1. The third-order valence-electron chi connectivity index (χ3n) is 4.13. The van der Waals surface area contributed by atoms with Crippen LogP contribution in [0.5, 0.6) is 0 Å². The van der Waals surface area contributed by atoms with Crippen molar-refractivity contribution in [3.05, 3.63) is 70.1 Å². The average molecular weight is 299 g/mol. The molecule has 1 aromatic heterocycles. The highest BCUT2D eigenvalue weighted by Gasteiger charge is 2.32. The molecule has 0 aliphatic heterocycles. The second kappa shape index (κ2) is 5.44. The number of carbonyl (C=O) groups is 1. The molecule has 0 atom stereocenters. The number of benzene rings is 1. The van der Waals surface area contributed by atoms with Crippen molar-refractivity contribution in [3.63, 3.8) is 0 Å². The van der Waals surface area contributed by atoms with Crippen molar-refractivity contribution >= 4 is 17.4 Å². The molecule has 1 aromatic carbocycles. The molecule has 0 amide bonds. The molecule has 2 aromatic rings. The molecule has 0 unspecified atom stereocenters. The van der Waals surface area contributed by atoms with Crippen LogP contribution in [0.25, 0.3) is 11.6 Å². The summed E-state index contributed by atoms with van der Waals surface area (Å²) in [5, 5.41) is 18.5. The van der Waals surface area contributed by atoms with Gasteiger partial charge in [0.15, 0.2) is 5.78 Å². The Morgan fingerprint density at radius 3 is 2.30 bits per heavy atom. The third-order valence-corrected chi connectivity index (χ3v) is 4.13. The second-order valence-corrected chi connectivity index (χ2v) is 5.36. The van der Waals surface area contributed by atoms with Crippen LogP contribution in [0.3, 0.4) is 0 Å². The topological polar surface area (TPSA) is 69.6 Å². The van der Waals surface area contributed by atoms with Crippen LogP contribution < -0.4 is 0 Å². The van der Waals surface area contributed by atoms with Crippen molar-refractivity contribution in [2.24, 2.45) is 7.05 Å². The van der Waals surface area contributed by atoms with Crippen molar-refractivity contribution < 1.29 is 4.79 Å². The fourth-order valence-corrected chi connectivity index (χ4v) is 2.77. The van der Waals surface area contributed by atoms with Crippen molar-refractivity contribution in [2.45, 2.75) is 6.92 Å². The third kappa shape index (κ3) is 2.18. The minimum absolute atomic E-state index is 0.0412. The SMILES string of the molecule is Cc1ccc(/C=C2\C(=O)c3ccccc3C2=C(C#N)C#N)n1C. The van der Waals surface area contributed by atoms with E-state index in [1.54, 1.807) is 30.3 Å². The molecule has 0 fully saturated rings. The lowest BCUT2D eigenvalue weighted by atomic mass is 9.99. The first kappa shape index (κ1) is 14.6.